The molecule has 0 saturated heterocycles. The summed E-state index contributed by atoms with van der Waals surface area (Å²) in [4.78, 5) is 8.99. The van der Waals surface area contributed by atoms with Gasteiger partial charge in [0.15, 0.2) is 0 Å². The highest BCUT2D eigenvalue weighted by atomic mass is 32.2. The van der Waals surface area contributed by atoms with Crippen LogP contribution < -0.4 is 4.74 Å². The van der Waals surface area contributed by atoms with E-state index in [1.54, 1.807) is 12.3 Å². The molecule has 7 heteroatoms. The third-order valence-corrected chi connectivity index (χ3v) is 4.38. The minimum Gasteiger partial charge on any atom is -0.483 e. The fraction of sp³-hybridized carbons (Fsp3) is 0.333. The number of hydrogen-bond acceptors (Lipinski definition) is 4. The standard InChI is InChI=1S/C18H17F3N2OS/c1-10-9-22-16(11(2)23-10)14-8-17(3,4)24-15-6-5-12(7-13(14)15)25-18(19,20)21/h5-9H,1-4H3. The molecule has 0 saturated carbocycles. The number of thioether (sulfide) groups is 1. The monoisotopic (exact) mass is 366 g/mol. The van der Waals surface area contributed by atoms with E-state index in [9.17, 15) is 13.2 Å². The van der Waals surface area contributed by atoms with Gasteiger partial charge < -0.3 is 4.74 Å². The number of rotatable bonds is 2. The van der Waals surface area contributed by atoms with Crippen molar-refractivity contribution in [3.63, 3.8) is 0 Å². The summed E-state index contributed by atoms with van der Waals surface area (Å²) >= 11 is -0.141. The number of halogens is 3. The highest BCUT2D eigenvalue weighted by Crippen LogP contribution is 2.44. The molecular weight excluding hydrogens is 349 g/mol. The second-order valence-corrected chi connectivity index (χ2v) is 7.55. The Kier molecular flexibility index (Phi) is 4.31. The van der Waals surface area contributed by atoms with E-state index in [1.807, 2.05) is 33.8 Å². The molecule has 132 valence electrons. The fourth-order valence-corrected chi connectivity index (χ4v) is 3.38. The predicted octanol–water partition coefficient (Wildman–Crippen LogP) is 5.31. The van der Waals surface area contributed by atoms with Crippen molar-refractivity contribution in [3.05, 3.63) is 53.1 Å². The minimum atomic E-state index is -4.34. The van der Waals surface area contributed by atoms with Crippen LogP contribution in [0.25, 0.3) is 5.57 Å². The first-order valence-electron chi connectivity index (χ1n) is 7.67. The van der Waals surface area contributed by atoms with Gasteiger partial charge in [-0.3, -0.25) is 9.97 Å². The zero-order valence-electron chi connectivity index (χ0n) is 14.2. The molecule has 0 atom stereocenters. The smallest absolute Gasteiger partial charge is 0.446 e. The van der Waals surface area contributed by atoms with E-state index in [-0.39, 0.29) is 16.7 Å². The molecule has 0 N–H and O–H groups in total. The third kappa shape index (κ3) is 3.98. The highest BCUT2D eigenvalue weighted by Gasteiger charge is 2.32. The summed E-state index contributed by atoms with van der Waals surface area (Å²) in [6.45, 7) is 7.47. The van der Waals surface area contributed by atoms with Gasteiger partial charge in [-0.15, -0.1) is 0 Å². The largest absolute Gasteiger partial charge is 0.483 e. The van der Waals surface area contributed by atoms with E-state index in [0.29, 0.717) is 17.0 Å². The van der Waals surface area contributed by atoms with E-state index in [2.05, 4.69) is 9.97 Å². The Bertz CT molecular complexity index is 860. The Balaban J connectivity index is 2.15. The molecule has 0 spiro atoms. The summed E-state index contributed by atoms with van der Waals surface area (Å²) in [6.07, 6.45) is 3.53. The molecular formula is C18H17F3N2OS. The maximum atomic E-state index is 12.7. The van der Waals surface area contributed by atoms with Crippen molar-refractivity contribution in [2.75, 3.05) is 0 Å². The first kappa shape index (κ1) is 17.8. The van der Waals surface area contributed by atoms with Gasteiger partial charge in [0.05, 0.1) is 17.1 Å². The van der Waals surface area contributed by atoms with Crippen molar-refractivity contribution in [1.29, 1.82) is 0 Å². The zero-order chi connectivity index (χ0) is 18.4. The lowest BCUT2D eigenvalue weighted by molar-refractivity contribution is -0.0328. The van der Waals surface area contributed by atoms with Crippen LogP contribution in [0.3, 0.4) is 0 Å². The molecule has 1 aromatic carbocycles. The SMILES string of the molecule is Cc1cnc(C2=CC(C)(C)Oc3ccc(SC(F)(F)F)cc32)c(C)n1. The Hall–Kier alpha value is -2.02. The second kappa shape index (κ2) is 6.05. The van der Waals surface area contributed by atoms with Crippen molar-refractivity contribution >= 4 is 17.3 Å². The Morgan fingerprint density at radius 1 is 1.16 bits per heavy atom. The highest BCUT2D eigenvalue weighted by molar-refractivity contribution is 8.00. The van der Waals surface area contributed by atoms with E-state index in [4.69, 9.17) is 4.74 Å². The lowest BCUT2D eigenvalue weighted by Gasteiger charge is -2.31. The summed E-state index contributed by atoms with van der Waals surface area (Å²) in [7, 11) is 0. The minimum absolute atomic E-state index is 0.109. The van der Waals surface area contributed by atoms with E-state index in [1.165, 1.54) is 12.1 Å². The van der Waals surface area contributed by atoms with Gasteiger partial charge in [0.1, 0.15) is 11.4 Å². The van der Waals surface area contributed by atoms with Gasteiger partial charge in [0.2, 0.25) is 0 Å². The molecule has 0 radical (unpaired) electrons. The summed E-state index contributed by atoms with van der Waals surface area (Å²) in [5.41, 5.74) is -1.45. The number of hydrogen-bond donors (Lipinski definition) is 0. The van der Waals surface area contributed by atoms with Crippen molar-refractivity contribution < 1.29 is 17.9 Å². The van der Waals surface area contributed by atoms with Crippen LogP contribution in [0, 0.1) is 13.8 Å². The summed E-state index contributed by atoms with van der Waals surface area (Å²) in [5.74, 6) is 0.538. The van der Waals surface area contributed by atoms with Crippen LogP contribution in [-0.2, 0) is 0 Å². The number of ether oxygens (including phenoxy) is 1. The molecule has 0 fully saturated rings. The number of fused-ring (bicyclic) bond motifs is 1. The molecule has 0 bridgehead atoms. The quantitative estimate of drug-likeness (QED) is 0.675. The summed E-state index contributed by atoms with van der Waals surface area (Å²) < 4.78 is 44.1. The normalized spacial score (nSPS) is 16.0. The maximum Gasteiger partial charge on any atom is 0.446 e. The number of aromatic nitrogens is 2. The number of alkyl halides is 3. The maximum absolute atomic E-state index is 12.7. The first-order valence-corrected chi connectivity index (χ1v) is 8.48. The van der Waals surface area contributed by atoms with Crippen molar-refractivity contribution in [3.8, 4) is 5.75 Å². The van der Waals surface area contributed by atoms with Crippen LogP contribution in [0.5, 0.6) is 5.75 Å². The topological polar surface area (TPSA) is 35.0 Å². The van der Waals surface area contributed by atoms with Crippen molar-refractivity contribution in [2.45, 2.75) is 43.7 Å². The van der Waals surface area contributed by atoms with Crippen LogP contribution >= 0.6 is 11.8 Å². The van der Waals surface area contributed by atoms with E-state index >= 15 is 0 Å². The predicted molar refractivity (Wildman–Crippen MR) is 91.6 cm³/mol. The number of benzene rings is 1. The molecule has 1 aliphatic rings. The van der Waals surface area contributed by atoms with Crippen molar-refractivity contribution in [1.82, 2.24) is 9.97 Å². The van der Waals surface area contributed by atoms with Crippen molar-refractivity contribution in [2.24, 2.45) is 0 Å². The first-order chi connectivity index (χ1) is 11.5. The average Bonchev–Trinajstić information content (AvgIpc) is 2.45. The van der Waals surface area contributed by atoms with Gasteiger partial charge in [-0.1, -0.05) is 0 Å². The molecule has 0 unspecified atom stereocenters. The molecule has 3 rings (SSSR count). The lowest BCUT2D eigenvalue weighted by atomic mass is 9.92. The molecule has 3 nitrogen and oxygen atoms in total. The van der Waals surface area contributed by atoms with E-state index < -0.39 is 11.1 Å². The average molecular weight is 366 g/mol. The van der Waals surface area contributed by atoms with Crippen LogP contribution in [0.4, 0.5) is 13.2 Å². The van der Waals surface area contributed by atoms with E-state index in [0.717, 1.165) is 17.0 Å². The Labute approximate surface area is 148 Å². The van der Waals surface area contributed by atoms with Crippen LogP contribution in [-0.4, -0.2) is 21.1 Å². The summed E-state index contributed by atoms with van der Waals surface area (Å²) in [6, 6.07) is 4.49. The van der Waals surface area contributed by atoms with Crippen LogP contribution in [0.2, 0.25) is 0 Å². The van der Waals surface area contributed by atoms with Gasteiger partial charge in [0.25, 0.3) is 0 Å². The van der Waals surface area contributed by atoms with Gasteiger partial charge in [-0.05, 0) is 63.7 Å². The van der Waals surface area contributed by atoms with Gasteiger partial charge in [0, 0.05) is 22.2 Å². The Morgan fingerprint density at radius 2 is 1.88 bits per heavy atom. The molecule has 25 heavy (non-hydrogen) atoms. The lowest BCUT2D eigenvalue weighted by Crippen LogP contribution is -2.29. The molecule has 0 amide bonds. The Morgan fingerprint density at radius 3 is 2.52 bits per heavy atom. The molecule has 2 heterocycles. The fourth-order valence-electron chi connectivity index (χ4n) is 2.80. The van der Waals surface area contributed by atoms with Gasteiger partial charge in [-0.2, -0.15) is 13.2 Å². The molecule has 2 aromatic rings. The zero-order valence-corrected chi connectivity index (χ0v) is 15.0. The third-order valence-electron chi connectivity index (χ3n) is 3.66. The van der Waals surface area contributed by atoms with Gasteiger partial charge >= 0.3 is 5.51 Å². The molecule has 1 aliphatic heterocycles. The number of nitrogens with zero attached hydrogens (tertiary/aromatic N) is 2. The second-order valence-electron chi connectivity index (χ2n) is 6.41. The summed E-state index contributed by atoms with van der Waals surface area (Å²) in [5, 5.41) is 0. The van der Waals surface area contributed by atoms with Crippen LogP contribution in [0.1, 0.15) is 36.5 Å². The van der Waals surface area contributed by atoms with Crippen LogP contribution in [0.15, 0.2) is 35.4 Å². The van der Waals surface area contributed by atoms with Gasteiger partial charge in [-0.25, -0.2) is 0 Å². The molecule has 1 aromatic heterocycles. The molecule has 0 aliphatic carbocycles. The number of aryl methyl sites for hydroxylation is 2.